The first-order valence-corrected chi connectivity index (χ1v) is 19.3. The van der Waals surface area contributed by atoms with E-state index in [2.05, 4.69) is 23.1 Å². The van der Waals surface area contributed by atoms with Gasteiger partial charge in [-0.25, -0.2) is 9.55 Å². The molecule has 0 aliphatic carbocycles. The Bertz CT molecular complexity index is 1670. The van der Waals surface area contributed by atoms with Crippen molar-refractivity contribution >= 4 is 5.69 Å². The molecule has 0 radical (unpaired) electrons. The smallest absolute Gasteiger partial charge is 0.420 e. The zero-order valence-corrected chi connectivity index (χ0v) is 33.5. The Kier molecular flexibility index (Phi) is 17.3. The molecule has 3 aromatic rings. The lowest BCUT2D eigenvalue weighted by Crippen LogP contribution is -3.00. The molecule has 320 valence electrons. The van der Waals surface area contributed by atoms with Crippen molar-refractivity contribution in [1.29, 1.82) is 0 Å². The normalized spacial score (nSPS) is 24.4. The molecular weight excluding hydrogens is 790 g/mol. The Morgan fingerprint density at radius 1 is 0.741 bits per heavy atom. The summed E-state index contributed by atoms with van der Waals surface area (Å²) < 4.78 is 88.1. The topological polar surface area (TPSA) is 87.3 Å². The molecule has 0 spiro atoms. The van der Waals surface area contributed by atoms with Crippen LogP contribution in [0, 0.1) is 0 Å². The number of fused-ring (bicyclic) bond motifs is 4. The van der Waals surface area contributed by atoms with Crippen molar-refractivity contribution in [1.82, 2.24) is 20.1 Å². The lowest BCUT2D eigenvalue weighted by molar-refractivity contribution is -0.599. The zero-order valence-electron chi connectivity index (χ0n) is 32.8. The lowest BCUT2D eigenvalue weighted by Gasteiger charge is -2.46. The van der Waals surface area contributed by atoms with Gasteiger partial charge >= 0.3 is 18.2 Å². The number of halogens is 7. The SMILES string of the molecule is C=CCOC1C[C@H]2CCC[C@@H](C1)N2O.C=CCOC1C[C@H]2CCC[C@@H](C1)N2Oc1ccc(C(F)(F)F)cn1.CN(C)c1cc[n+](-c2ccc(C(F)(F)F)cn2)cc1.[Cl-]. The van der Waals surface area contributed by atoms with Gasteiger partial charge in [0.05, 0.1) is 48.9 Å². The molecular formula is C41H53ClF6N6O4. The van der Waals surface area contributed by atoms with E-state index in [1.165, 1.54) is 18.6 Å². The van der Waals surface area contributed by atoms with Gasteiger partial charge in [0.15, 0.2) is 6.20 Å². The van der Waals surface area contributed by atoms with E-state index in [4.69, 9.17) is 14.3 Å². The second-order valence-electron chi connectivity index (χ2n) is 14.9. The van der Waals surface area contributed by atoms with Crippen molar-refractivity contribution in [3.63, 3.8) is 0 Å². The van der Waals surface area contributed by atoms with Crippen molar-refractivity contribution in [2.45, 2.75) is 113 Å². The Morgan fingerprint density at radius 3 is 1.62 bits per heavy atom. The van der Waals surface area contributed by atoms with Gasteiger partial charge in [0.25, 0.3) is 0 Å². The van der Waals surface area contributed by atoms with Gasteiger partial charge in [-0.1, -0.05) is 25.0 Å². The molecule has 4 aliphatic heterocycles. The molecule has 6 atom stereocenters. The Morgan fingerprint density at radius 2 is 1.21 bits per heavy atom. The maximum absolute atomic E-state index is 12.6. The summed E-state index contributed by atoms with van der Waals surface area (Å²) in [6, 6.07) is 9.44. The van der Waals surface area contributed by atoms with Gasteiger partial charge in [0, 0.05) is 74.4 Å². The number of anilines is 1. The van der Waals surface area contributed by atoms with Crippen LogP contribution in [0.4, 0.5) is 32.0 Å². The maximum Gasteiger partial charge on any atom is 0.420 e. The fourth-order valence-electron chi connectivity index (χ4n) is 7.71. The highest BCUT2D eigenvalue weighted by Gasteiger charge is 2.41. The third-order valence-corrected chi connectivity index (χ3v) is 10.6. The van der Waals surface area contributed by atoms with Gasteiger partial charge in [-0.05, 0) is 68.5 Å². The van der Waals surface area contributed by atoms with Crippen LogP contribution in [0.5, 0.6) is 5.88 Å². The number of aromatic nitrogens is 3. The highest BCUT2D eigenvalue weighted by molar-refractivity contribution is 5.41. The predicted octanol–water partition coefficient (Wildman–Crippen LogP) is 5.39. The van der Waals surface area contributed by atoms with Crippen molar-refractivity contribution in [2.75, 3.05) is 32.2 Å². The van der Waals surface area contributed by atoms with Crippen LogP contribution < -0.4 is 26.7 Å². The third-order valence-electron chi connectivity index (χ3n) is 10.6. The molecule has 10 nitrogen and oxygen atoms in total. The van der Waals surface area contributed by atoms with E-state index >= 15 is 0 Å². The number of ether oxygens (including phenoxy) is 2. The van der Waals surface area contributed by atoms with Crippen LogP contribution >= 0.6 is 0 Å². The summed E-state index contributed by atoms with van der Waals surface area (Å²) >= 11 is 0. The number of hydrogen-bond acceptors (Lipinski definition) is 9. The van der Waals surface area contributed by atoms with E-state index in [-0.39, 0.29) is 36.5 Å². The molecule has 3 aromatic heterocycles. The highest BCUT2D eigenvalue weighted by atomic mass is 35.5. The van der Waals surface area contributed by atoms with Crippen LogP contribution in [0.2, 0.25) is 0 Å². The van der Waals surface area contributed by atoms with Crippen LogP contribution in [0.25, 0.3) is 5.82 Å². The van der Waals surface area contributed by atoms with Crippen LogP contribution in [-0.2, 0) is 21.8 Å². The molecule has 2 unspecified atom stereocenters. The molecule has 4 aliphatic rings. The molecule has 0 aromatic carbocycles. The summed E-state index contributed by atoms with van der Waals surface area (Å²) in [4.78, 5) is 15.4. The number of alkyl halides is 6. The molecule has 0 saturated carbocycles. The minimum Gasteiger partial charge on any atom is -1.00 e. The molecule has 1 N–H and O–H groups in total. The van der Waals surface area contributed by atoms with Crippen molar-refractivity contribution < 1.29 is 62.8 Å². The Labute approximate surface area is 342 Å². The average Bonchev–Trinajstić information content (AvgIpc) is 3.17. The van der Waals surface area contributed by atoms with E-state index in [1.807, 2.05) is 36.2 Å². The zero-order chi connectivity index (χ0) is 41.2. The number of hydrogen-bond donors (Lipinski definition) is 1. The number of pyridine rings is 3. The molecule has 4 fully saturated rings. The standard InChI is InChI=1S/C17H21F3N2O2.C13H13F3N3.C11H19NO2.ClH/c1-2-8-23-15-9-13-4-3-5-14(10-15)22(13)24-16-7-6-12(11-21-16)17(18,19)20;1-18(2)11-5-7-19(8-6-11)12-4-3-10(9-17-12)13(14,15)16;1-2-6-14-11-7-9-4-3-5-10(8-11)12(9)13;/h2,6-7,11,13-15H,1,3-5,8-10H2;3-9H,1-2H3;2,9-11,13H,1,3-8H2;1H/q;+1;;/p-1/t13-,14+,15?;;9-,10+,11?;. The minimum absolute atomic E-state index is 0. The average molecular weight is 843 g/mol. The van der Waals surface area contributed by atoms with Crippen molar-refractivity contribution in [2.24, 2.45) is 0 Å². The summed E-state index contributed by atoms with van der Waals surface area (Å²) in [5.74, 6) is 0.642. The summed E-state index contributed by atoms with van der Waals surface area (Å²) in [6.07, 6.45) is 10.7. The first-order valence-electron chi connectivity index (χ1n) is 19.3. The van der Waals surface area contributed by atoms with E-state index in [0.29, 0.717) is 37.2 Å². The van der Waals surface area contributed by atoms with E-state index in [9.17, 15) is 31.5 Å². The van der Waals surface area contributed by atoms with Crippen LogP contribution in [-0.4, -0.2) is 89.0 Å². The third kappa shape index (κ3) is 13.1. The van der Waals surface area contributed by atoms with Gasteiger partial charge in [0.2, 0.25) is 5.88 Å². The molecule has 7 rings (SSSR count). The first kappa shape index (κ1) is 46.9. The van der Waals surface area contributed by atoms with Crippen molar-refractivity contribution in [3.05, 3.63) is 97.6 Å². The van der Waals surface area contributed by atoms with Crippen LogP contribution in [0.1, 0.15) is 75.3 Å². The summed E-state index contributed by atoms with van der Waals surface area (Å²) in [6.45, 7) is 8.48. The molecule has 0 amide bonds. The second kappa shape index (κ2) is 21.5. The van der Waals surface area contributed by atoms with Gasteiger partial charge in [-0.2, -0.15) is 31.4 Å². The van der Waals surface area contributed by atoms with E-state index < -0.39 is 23.5 Å². The molecule has 58 heavy (non-hydrogen) atoms. The van der Waals surface area contributed by atoms with E-state index in [1.54, 1.807) is 34.2 Å². The van der Waals surface area contributed by atoms with Crippen LogP contribution in [0.3, 0.4) is 0 Å². The van der Waals surface area contributed by atoms with Gasteiger partial charge in [-0.15, -0.1) is 18.2 Å². The molecule has 4 saturated heterocycles. The number of nitrogens with zero attached hydrogens (tertiary/aromatic N) is 6. The lowest BCUT2D eigenvalue weighted by atomic mass is 9.85. The molecule has 7 heterocycles. The first-order chi connectivity index (χ1) is 27.2. The molecule has 4 bridgehead atoms. The van der Waals surface area contributed by atoms with E-state index in [0.717, 1.165) is 88.0 Å². The monoisotopic (exact) mass is 842 g/mol. The summed E-state index contributed by atoms with van der Waals surface area (Å²) in [5.41, 5.74) is -0.517. The quantitative estimate of drug-likeness (QED) is 0.164. The van der Waals surface area contributed by atoms with Gasteiger partial charge < -0.3 is 36.8 Å². The fraction of sp³-hybridized carbons (Fsp3) is 0.537. The maximum atomic E-state index is 12.6. The fourth-order valence-corrected chi connectivity index (χ4v) is 7.71. The number of piperidine rings is 4. The number of rotatable bonds is 10. The summed E-state index contributed by atoms with van der Waals surface area (Å²) in [5, 5.41) is 13.3. The predicted molar refractivity (Wildman–Crippen MR) is 202 cm³/mol. The Balaban J connectivity index is 0.000000197. The molecule has 17 heteroatoms. The summed E-state index contributed by atoms with van der Waals surface area (Å²) in [7, 11) is 3.83. The number of hydroxylamine groups is 4. The largest absolute Gasteiger partial charge is 1.00 e. The second-order valence-corrected chi connectivity index (χ2v) is 14.9. The van der Waals surface area contributed by atoms with Crippen LogP contribution in [0.15, 0.2) is 86.5 Å². The van der Waals surface area contributed by atoms with Gasteiger partial charge in [0.1, 0.15) is 0 Å². The van der Waals surface area contributed by atoms with Crippen molar-refractivity contribution in [3.8, 4) is 11.7 Å². The minimum atomic E-state index is -4.39. The highest BCUT2D eigenvalue weighted by Crippen LogP contribution is 2.37. The van der Waals surface area contributed by atoms with Gasteiger partial charge in [-0.3, -0.25) is 0 Å². The Hall–Kier alpha value is -3.80.